The summed E-state index contributed by atoms with van der Waals surface area (Å²) in [6, 6.07) is 9.16. The third kappa shape index (κ3) is 4.04. The Morgan fingerprint density at radius 3 is 2.31 bits per heavy atom. The van der Waals surface area contributed by atoms with Gasteiger partial charge >= 0.3 is 5.69 Å². The van der Waals surface area contributed by atoms with Crippen LogP contribution >= 0.6 is 0 Å². The second kappa shape index (κ2) is 8.52. The number of benzene rings is 2. The molecule has 5 heteroatoms. The van der Waals surface area contributed by atoms with E-state index >= 15 is 0 Å². The SMILES string of the molecule is CCc1cc(/C(C)=C\c2ccc(OC)c([N+](=O)[O-])c2)cc(OC)c1CC. The normalized spacial score (nSPS) is 11.3. The number of aryl methyl sites for hydroxylation is 1. The topological polar surface area (TPSA) is 61.6 Å². The molecule has 0 saturated heterocycles. The van der Waals surface area contributed by atoms with E-state index in [1.165, 1.54) is 24.3 Å². The van der Waals surface area contributed by atoms with Crippen molar-refractivity contribution in [1.82, 2.24) is 0 Å². The van der Waals surface area contributed by atoms with E-state index < -0.39 is 4.92 Å². The molecule has 0 spiro atoms. The van der Waals surface area contributed by atoms with Gasteiger partial charge in [0.2, 0.25) is 0 Å². The maximum atomic E-state index is 11.2. The summed E-state index contributed by atoms with van der Waals surface area (Å²) in [5.74, 6) is 1.14. The van der Waals surface area contributed by atoms with Crippen LogP contribution in [0.2, 0.25) is 0 Å². The largest absolute Gasteiger partial charge is 0.496 e. The van der Waals surface area contributed by atoms with Crippen LogP contribution in [0.4, 0.5) is 5.69 Å². The Morgan fingerprint density at radius 2 is 1.77 bits per heavy atom. The van der Waals surface area contributed by atoms with Crippen molar-refractivity contribution >= 4 is 17.3 Å². The molecule has 0 aliphatic heterocycles. The van der Waals surface area contributed by atoms with Crippen LogP contribution in [-0.2, 0) is 12.8 Å². The smallest absolute Gasteiger partial charge is 0.311 e. The van der Waals surface area contributed by atoms with Gasteiger partial charge in [0.05, 0.1) is 19.1 Å². The highest BCUT2D eigenvalue weighted by Crippen LogP contribution is 2.32. The number of ether oxygens (including phenoxy) is 2. The van der Waals surface area contributed by atoms with Gasteiger partial charge in [-0.3, -0.25) is 10.1 Å². The summed E-state index contributed by atoms with van der Waals surface area (Å²) in [4.78, 5) is 10.8. The Hall–Kier alpha value is -2.82. The number of hydrogen-bond acceptors (Lipinski definition) is 4. The van der Waals surface area contributed by atoms with Crippen molar-refractivity contribution in [3.8, 4) is 11.5 Å². The van der Waals surface area contributed by atoms with Gasteiger partial charge in [-0.1, -0.05) is 32.1 Å². The van der Waals surface area contributed by atoms with Crippen molar-refractivity contribution in [3.05, 3.63) is 62.7 Å². The Bertz CT molecular complexity index is 815. The molecule has 2 rings (SSSR count). The van der Waals surface area contributed by atoms with Crippen LogP contribution in [0, 0.1) is 10.1 Å². The molecule has 0 fully saturated rings. The van der Waals surface area contributed by atoms with Crippen molar-refractivity contribution in [2.24, 2.45) is 0 Å². The van der Waals surface area contributed by atoms with Crippen molar-refractivity contribution in [2.45, 2.75) is 33.6 Å². The van der Waals surface area contributed by atoms with Gasteiger partial charge in [0.15, 0.2) is 5.75 Å². The Labute approximate surface area is 154 Å². The van der Waals surface area contributed by atoms with Crippen LogP contribution in [0.5, 0.6) is 11.5 Å². The number of allylic oxidation sites excluding steroid dienone is 1. The van der Waals surface area contributed by atoms with Crippen LogP contribution in [0.15, 0.2) is 30.3 Å². The standard InChI is InChI=1S/C21H25NO4/c1-6-16-12-17(13-21(26-5)18(16)7-2)14(3)10-15-8-9-20(25-4)19(11-15)22(23)24/h8-13H,6-7H2,1-5H3/b14-10-. The Morgan fingerprint density at radius 1 is 1.08 bits per heavy atom. The number of hydrogen-bond donors (Lipinski definition) is 0. The summed E-state index contributed by atoms with van der Waals surface area (Å²) in [5, 5.41) is 11.2. The Balaban J connectivity index is 2.50. The molecule has 138 valence electrons. The second-order valence-corrected chi connectivity index (χ2v) is 6.04. The predicted molar refractivity (Wildman–Crippen MR) is 105 cm³/mol. The first kappa shape index (κ1) is 19.5. The fourth-order valence-corrected chi connectivity index (χ4v) is 3.10. The monoisotopic (exact) mass is 355 g/mol. The van der Waals surface area contributed by atoms with Crippen LogP contribution in [0.3, 0.4) is 0 Å². The van der Waals surface area contributed by atoms with Gasteiger partial charge in [-0.25, -0.2) is 0 Å². The fraction of sp³-hybridized carbons (Fsp3) is 0.333. The molecule has 0 aliphatic rings. The number of nitrogens with zero attached hydrogens (tertiary/aromatic N) is 1. The van der Waals surface area contributed by atoms with Gasteiger partial charge < -0.3 is 9.47 Å². The van der Waals surface area contributed by atoms with E-state index in [1.807, 2.05) is 25.1 Å². The molecule has 26 heavy (non-hydrogen) atoms. The molecule has 2 aromatic rings. The van der Waals surface area contributed by atoms with Gasteiger partial charge in [-0.2, -0.15) is 0 Å². The molecule has 0 heterocycles. The number of methoxy groups -OCH3 is 2. The maximum Gasteiger partial charge on any atom is 0.311 e. The molecular weight excluding hydrogens is 330 g/mol. The zero-order valence-electron chi connectivity index (χ0n) is 16.0. The minimum atomic E-state index is -0.431. The van der Waals surface area contributed by atoms with E-state index in [4.69, 9.17) is 9.47 Å². The van der Waals surface area contributed by atoms with Gasteiger partial charge in [-0.15, -0.1) is 0 Å². The summed E-state index contributed by atoms with van der Waals surface area (Å²) in [5.41, 5.74) is 5.27. The van der Waals surface area contributed by atoms with Crippen molar-refractivity contribution < 1.29 is 14.4 Å². The first-order chi connectivity index (χ1) is 12.4. The number of nitro benzene ring substituents is 1. The van der Waals surface area contributed by atoms with Crippen LogP contribution in [-0.4, -0.2) is 19.1 Å². The van der Waals surface area contributed by atoms with E-state index in [9.17, 15) is 10.1 Å². The average Bonchev–Trinajstić information content (AvgIpc) is 2.66. The minimum absolute atomic E-state index is 0.0396. The van der Waals surface area contributed by atoms with Gasteiger partial charge in [0, 0.05) is 6.07 Å². The van der Waals surface area contributed by atoms with Gasteiger partial charge in [0.25, 0.3) is 0 Å². The molecule has 0 saturated carbocycles. The van der Waals surface area contributed by atoms with Crippen LogP contribution < -0.4 is 9.47 Å². The summed E-state index contributed by atoms with van der Waals surface area (Å²) >= 11 is 0. The van der Waals surface area contributed by atoms with E-state index in [0.29, 0.717) is 0 Å². The molecular formula is C21H25NO4. The van der Waals surface area contributed by atoms with Crippen molar-refractivity contribution in [3.63, 3.8) is 0 Å². The molecule has 2 aromatic carbocycles. The summed E-state index contributed by atoms with van der Waals surface area (Å²) < 4.78 is 10.6. The molecule has 0 amide bonds. The third-order valence-corrected chi connectivity index (χ3v) is 4.49. The average molecular weight is 355 g/mol. The molecule has 0 unspecified atom stereocenters. The van der Waals surface area contributed by atoms with E-state index in [1.54, 1.807) is 13.2 Å². The minimum Gasteiger partial charge on any atom is -0.496 e. The zero-order chi connectivity index (χ0) is 19.3. The molecule has 0 atom stereocenters. The summed E-state index contributed by atoms with van der Waals surface area (Å²) in [7, 11) is 3.11. The Kier molecular flexibility index (Phi) is 6.39. The quantitative estimate of drug-likeness (QED) is 0.384. The van der Waals surface area contributed by atoms with E-state index in [-0.39, 0.29) is 11.4 Å². The summed E-state index contributed by atoms with van der Waals surface area (Å²) in [6.07, 6.45) is 3.78. The lowest BCUT2D eigenvalue weighted by molar-refractivity contribution is -0.385. The van der Waals surface area contributed by atoms with Crippen molar-refractivity contribution in [2.75, 3.05) is 14.2 Å². The van der Waals surface area contributed by atoms with Gasteiger partial charge in [0.1, 0.15) is 5.75 Å². The molecule has 0 bridgehead atoms. The molecule has 0 aromatic heterocycles. The van der Waals surface area contributed by atoms with Crippen LogP contribution in [0.25, 0.3) is 11.6 Å². The maximum absolute atomic E-state index is 11.2. The fourth-order valence-electron chi connectivity index (χ4n) is 3.10. The second-order valence-electron chi connectivity index (χ2n) is 6.04. The van der Waals surface area contributed by atoms with E-state index in [0.717, 1.165) is 35.3 Å². The summed E-state index contributed by atoms with van der Waals surface area (Å²) in [6.45, 7) is 6.25. The van der Waals surface area contributed by atoms with Gasteiger partial charge in [-0.05, 0) is 59.7 Å². The third-order valence-electron chi connectivity index (χ3n) is 4.49. The highest BCUT2D eigenvalue weighted by molar-refractivity contribution is 5.82. The van der Waals surface area contributed by atoms with E-state index in [2.05, 4.69) is 19.9 Å². The molecule has 5 nitrogen and oxygen atoms in total. The molecule has 0 N–H and O–H groups in total. The number of nitro groups is 1. The first-order valence-electron chi connectivity index (χ1n) is 8.65. The lowest BCUT2D eigenvalue weighted by Crippen LogP contribution is -1.98. The highest BCUT2D eigenvalue weighted by atomic mass is 16.6. The predicted octanol–water partition coefficient (Wildman–Crippen LogP) is 5.30. The molecule has 0 aliphatic carbocycles. The van der Waals surface area contributed by atoms with Crippen LogP contribution in [0.1, 0.15) is 43.0 Å². The first-order valence-corrected chi connectivity index (χ1v) is 8.65. The lowest BCUT2D eigenvalue weighted by Gasteiger charge is -2.15. The lowest BCUT2D eigenvalue weighted by atomic mass is 9.95. The number of rotatable bonds is 7. The zero-order valence-corrected chi connectivity index (χ0v) is 16.0. The van der Waals surface area contributed by atoms with Crippen molar-refractivity contribution in [1.29, 1.82) is 0 Å². The highest BCUT2D eigenvalue weighted by Gasteiger charge is 2.15. The molecule has 0 radical (unpaired) electrons.